The van der Waals surface area contributed by atoms with Gasteiger partial charge in [0.2, 0.25) is 0 Å². The molecule has 0 bridgehead atoms. The van der Waals surface area contributed by atoms with Crippen LogP contribution in [0.15, 0.2) is 30.5 Å². The molecular formula is C21H25ClN4O3. The molecule has 0 radical (unpaired) electrons. The molecule has 0 spiro atoms. The molecule has 0 saturated carbocycles. The summed E-state index contributed by atoms with van der Waals surface area (Å²) in [6.07, 6.45) is 2.39. The third-order valence-electron chi connectivity index (χ3n) is 4.41. The largest absolute Gasteiger partial charge is 0.497 e. The van der Waals surface area contributed by atoms with Gasteiger partial charge in [-0.05, 0) is 39.3 Å². The van der Waals surface area contributed by atoms with Gasteiger partial charge >= 0.3 is 0 Å². The average molecular weight is 417 g/mol. The fraction of sp³-hybridized carbons (Fsp3) is 0.381. The Bertz CT molecular complexity index is 1020. The molecule has 0 aliphatic rings. The Balaban J connectivity index is 1.84. The van der Waals surface area contributed by atoms with Gasteiger partial charge in [0.1, 0.15) is 5.75 Å². The minimum atomic E-state index is -0.262. The number of methoxy groups -OCH3 is 1. The minimum Gasteiger partial charge on any atom is -0.497 e. The van der Waals surface area contributed by atoms with Crippen LogP contribution >= 0.6 is 11.6 Å². The lowest BCUT2D eigenvalue weighted by Gasteiger charge is -2.10. The standard InChI is InChI=1S/C21H25ClN4O3/c1-13(2)29-10-6-9-23-21(27)17-12-24-20-18(19(17)22)14(3)25-26(20)15-7-5-8-16(11-15)28-4/h5,7-8,11-13H,6,9-10H2,1-4H3,(H,23,27). The summed E-state index contributed by atoms with van der Waals surface area (Å²) in [6.45, 7) is 6.90. The number of rotatable bonds is 8. The first kappa shape index (κ1) is 21.1. The fourth-order valence-electron chi connectivity index (χ4n) is 2.98. The van der Waals surface area contributed by atoms with Gasteiger partial charge in [-0.1, -0.05) is 17.7 Å². The van der Waals surface area contributed by atoms with Crippen molar-refractivity contribution >= 4 is 28.5 Å². The molecule has 154 valence electrons. The summed E-state index contributed by atoms with van der Waals surface area (Å²) in [5.74, 6) is 0.454. The van der Waals surface area contributed by atoms with Gasteiger partial charge in [0.15, 0.2) is 5.65 Å². The molecule has 0 atom stereocenters. The van der Waals surface area contributed by atoms with Crippen molar-refractivity contribution in [1.29, 1.82) is 0 Å². The number of amides is 1. The minimum absolute atomic E-state index is 0.177. The van der Waals surface area contributed by atoms with Crippen molar-refractivity contribution in [2.75, 3.05) is 20.3 Å². The number of aromatic nitrogens is 3. The number of benzene rings is 1. The quantitative estimate of drug-likeness (QED) is 0.563. The van der Waals surface area contributed by atoms with Crippen molar-refractivity contribution in [3.63, 3.8) is 0 Å². The second-order valence-corrected chi connectivity index (χ2v) is 7.29. The van der Waals surface area contributed by atoms with E-state index in [1.807, 2.05) is 45.0 Å². The van der Waals surface area contributed by atoms with E-state index in [1.54, 1.807) is 11.8 Å². The molecule has 0 aliphatic carbocycles. The SMILES string of the molecule is COc1cccc(-n2nc(C)c3c(Cl)c(C(=O)NCCCOC(C)C)cnc32)c1. The monoisotopic (exact) mass is 416 g/mol. The van der Waals surface area contributed by atoms with Gasteiger partial charge in [-0.25, -0.2) is 9.67 Å². The molecule has 7 nitrogen and oxygen atoms in total. The summed E-state index contributed by atoms with van der Waals surface area (Å²) in [5, 5.41) is 8.43. The molecule has 29 heavy (non-hydrogen) atoms. The number of carbonyl (C=O) groups excluding carboxylic acids is 1. The fourth-order valence-corrected chi connectivity index (χ4v) is 3.33. The summed E-state index contributed by atoms with van der Waals surface area (Å²) < 4.78 is 12.5. The van der Waals surface area contributed by atoms with Crippen LogP contribution in [-0.2, 0) is 4.74 Å². The van der Waals surface area contributed by atoms with E-state index in [0.29, 0.717) is 46.2 Å². The zero-order valence-electron chi connectivity index (χ0n) is 17.0. The summed E-state index contributed by atoms with van der Waals surface area (Å²) >= 11 is 6.58. The van der Waals surface area contributed by atoms with Gasteiger partial charge in [-0.3, -0.25) is 4.79 Å². The van der Waals surface area contributed by atoms with Crippen LogP contribution in [0.5, 0.6) is 5.75 Å². The number of ether oxygens (including phenoxy) is 2. The van der Waals surface area contributed by atoms with Crippen LogP contribution in [0.2, 0.25) is 5.02 Å². The predicted octanol–water partition coefficient (Wildman–Crippen LogP) is 3.94. The summed E-state index contributed by atoms with van der Waals surface area (Å²) in [6, 6.07) is 7.51. The molecule has 0 unspecified atom stereocenters. The molecule has 2 aromatic heterocycles. The Morgan fingerprint density at radius 3 is 2.86 bits per heavy atom. The highest BCUT2D eigenvalue weighted by molar-refractivity contribution is 6.38. The molecule has 0 saturated heterocycles. The predicted molar refractivity (Wildman–Crippen MR) is 113 cm³/mol. The maximum Gasteiger partial charge on any atom is 0.254 e. The van der Waals surface area contributed by atoms with Crippen molar-refractivity contribution in [1.82, 2.24) is 20.1 Å². The molecule has 1 amide bonds. The van der Waals surface area contributed by atoms with E-state index in [2.05, 4.69) is 15.4 Å². The highest BCUT2D eigenvalue weighted by Crippen LogP contribution is 2.30. The zero-order valence-corrected chi connectivity index (χ0v) is 17.8. The van der Waals surface area contributed by atoms with E-state index in [9.17, 15) is 4.79 Å². The van der Waals surface area contributed by atoms with E-state index in [1.165, 1.54) is 6.20 Å². The van der Waals surface area contributed by atoms with Gasteiger partial charge in [-0.15, -0.1) is 0 Å². The van der Waals surface area contributed by atoms with Crippen LogP contribution in [0.3, 0.4) is 0 Å². The lowest BCUT2D eigenvalue weighted by molar-refractivity contribution is 0.0757. The van der Waals surface area contributed by atoms with Crippen molar-refractivity contribution < 1.29 is 14.3 Å². The van der Waals surface area contributed by atoms with Gasteiger partial charge in [0.05, 0.1) is 40.6 Å². The second kappa shape index (κ2) is 9.24. The summed E-state index contributed by atoms with van der Waals surface area (Å²) in [5.41, 5.74) is 2.41. The molecular weight excluding hydrogens is 392 g/mol. The molecule has 3 aromatic rings. The number of halogens is 1. The number of hydrogen-bond donors (Lipinski definition) is 1. The molecule has 8 heteroatoms. The second-order valence-electron chi connectivity index (χ2n) is 6.91. The number of nitrogens with one attached hydrogen (secondary N) is 1. The topological polar surface area (TPSA) is 78.3 Å². The highest BCUT2D eigenvalue weighted by atomic mass is 35.5. The Hall–Kier alpha value is -2.64. The Morgan fingerprint density at radius 1 is 1.34 bits per heavy atom. The summed E-state index contributed by atoms with van der Waals surface area (Å²) in [4.78, 5) is 17.0. The van der Waals surface area contributed by atoms with Crippen LogP contribution in [0, 0.1) is 6.92 Å². The first-order chi connectivity index (χ1) is 13.9. The van der Waals surface area contributed by atoms with Crippen LogP contribution in [-0.4, -0.2) is 47.0 Å². The first-order valence-electron chi connectivity index (χ1n) is 9.50. The van der Waals surface area contributed by atoms with Crippen molar-refractivity contribution in [2.24, 2.45) is 0 Å². The Morgan fingerprint density at radius 2 is 2.14 bits per heavy atom. The third kappa shape index (κ3) is 4.68. The zero-order chi connectivity index (χ0) is 21.0. The van der Waals surface area contributed by atoms with Crippen molar-refractivity contribution in [3.8, 4) is 11.4 Å². The number of aryl methyl sites for hydroxylation is 1. The Labute approximate surface area is 175 Å². The van der Waals surface area contributed by atoms with Crippen molar-refractivity contribution in [2.45, 2.75) is 33.3 Å². The molecule has 2 heterocycles. The molecule has 0 fully saturated rings. The van der Waals surface area contributed by atoms with Gasteiger partial charge in [0, 0.05) is 25.4 Å². The number of hydrogen-bond acceptors (Lipinski definition) is 5. The van der Waals surface area contributed by atoms with E-state index in [0.717, 1.165) is 12.1 Å². The van der Waals surface area contributed by atoms with E-state index in [4.69, 9.17) is 21.1 Å². The van der Waals surface area contributed by atoms with E-state index >= 15 is 0 Å². The number of fused-ring (bicyclic) bond motifs is 1. The Kier molecular flexibility index (Phi) is 6.71. The van der Waals surface area contributed by atoms with E-state index < -0.39 is 0 Å². The molecule has 3 rings (SSSR count). The summed E-state index contributed by atoms with van der Waals surface area (Å²) in [7, 11) is 1.61. The van der Waals surface area contributed by atoms with Gasteiger partial charge < -0.3 is 14.8 Å². The van der Waals surface area contributed by atoms with E-state index in [-0.39, 0.29) is 12.0 Å². The third-order valence-corrected chi connectivity index (χ3v) is 4.80. The van der Waals surface area contributed by atoms with Crippen LogP contribution in [0.1, 0.15) is 36.3 Å². The normalized spacial score (nSPS) is 11.2. The van der Waals surface area contributed by atoms with Gasteiger partial charge in [0.25, 0.3) is 5.91 Å². The lowest BCUT2D eigenvalue weighted by atomic mass is 10.2. The first-order valence-corrected chi connectivity index (χ1v) is 9.88. The smallest absolute Gasteiger partial charge is 0.254 e. The molecule has 0 aliphatic heterocycles. The van der Waals surface area contributed by atoms with Crippen LogP contribution in [0.4, 0.5) is 0 Å². The number of carbonyl (C=O) groups is 1. The maximum absolute atomic E-state index is 12.6. The maximum atomic E-state index is 12.6. The van der Waals surface area contributed by atoms with Crippen LogP contribution in [0.25, 0.3) is 16.7 Å². The highest BCUT2D eigenvalue weighted by Gasteiger charge is 2.20. The lowest BCUT2D eigenvalue weighted by Crippen LogP contribution is -2.26. The van der Waals surface area contributed by atoms with Gasteiger partial charge in [-0.2, -0.15) is 5.10 Å². The molecule has 1 aromatic carbocycles. The van der Waals surface area contributed by atoms with Crippen molar-refractivity contribution in [3.05, 3.63) is 46.7 Å². The molecule has 1 N–H and O–H groups in total. The van der Waals surface area contributed by atoms with Crippen LogP contribution < -0.4 is 10.1 Å². The number of nitrogens with zero attached hydrogens (tertiary/aromatic N) is 3. The number of pyridine rings is 1. The average Bonchev–Trinajstić information content (AvgIpc) is 3.05.